The number of methoxy groups -OCH3 is 1. The van der Waals surface area contributed by atoms with Crippen molar-refractivity contribution in [1.29, 1.82) is 0 Å². The minimum absolute atomic E-state index is 0.0617. The molecule has 1 heterocycles. The van der Waals surface area contributed by atoms with E-state index in [0.29, 0.717) is 18.6 Å². The first kappa shape index (κ1) is 21.9. The van der Waals surface area contributed by atoms with E-state index < -0.39 is 22.6 Å². The van der Waals surface area contributed by atoms with Crippen molar-refractivity contribution in [2.45, 2.75) is 64.1 Å². The van der Waals surface area contributed by atoms with Crippen LogP contribution in [-0.2, 0) is 19.1 Å². The molecule has 0 atom stereocenters. The molecule has 0 aliphatic carbocycles. The van der Waals surface area contributed by atoms with Gasteiger partial charge in [-0.15, -0.1) is 0 Å². The van der Waals surface area contributed by atoms with Gasteiger partial charge in [-0.3, -0.25) is 14.5 Å². The summed E-state index contributed by atoms with van der Waals surface area (Å²) >= 11 is 0. The Morgan fingerprint density at radius 3 is 2.04 bits per heavy atom. The van der Waals surface area contributed by atoms with Crippen LogP contribution < -0.4 is 10.1 Å². The molecule has 0 saturated carbocycles. The highest BCUT2D eigenvalue weighted by Crippen LogP contribution is 2.44. The Bertz CT molecular complexity index is 724. The van der Waals surface area contributed by atoms with Crippen LogP contribution in [0.4, 0.5) is 0 Å². The second-order valence-electron chi connectivity index (χ2n) is 8.61. The molecule has 7 nitrogen and oxygen atoms in total. The average Bonchev–Trinajstić information content (AvgIpc) is 2.57. The quantitative estimate of drug-likeness (QED) is 0.613. The van der Waals surface area contributed by atoms with Gasteiger partial charge in [0.05, 0.1) is 13.7 Å². The lowest BCUT2D eigenvalue weighted by Gasteiger charge is -2.58. The molecule has 0 spiro atoms. The van der Waals surface area contributed by atoms with E-state index in [1.54, 1.807) is 24.3 Å². The summed E-state index contributed by atoms with van der Waals surface area (Å²) in [6.07, 6.45) is 0.628. The molecule has 2 rings (SSSR count). The van der Waals surface area contributed by atoms with Crippen LogP contribution in [0.2, 0.25) is 0 Å². The van der Waals surface area contributed by atoms with E-state index in [-0.39, 0.29) is 18.4 Å². The van der Waals surface area contributed by atoms with Crippen LogP contribution in [0.3, 0.4) is 0 Å². The van der Waals surface area contributed by atoms with Gasteiger partial charge in [0, 0.05) is 18.0 Å². The van der Waals surface area contributed by atoms with E-state index in [0.717, 1.165) is 0 Å². The number of nitrogens with one attached hydrogen (secondary N) is 1. The number of benzene rings is 1. The highest BCUT2D eigenvalue weighted by Gasteiger charge is 2.57. The molecule has 1 saturated heterocycles. The molecular formula is C21H30N2O5. The number of rotatable bonds is 5. The second-order valence-corrected chi connectivity index (χ2v) is 8.61. The van der Waals surface area contributed by atoms with Crippen molar-refractivity contribution in [3.05, 3.63) is 30.3 Å². The zero-order valence-electron chi connectivity index (χ0n) is 17.5. The number of carbonyl (C=O) groups excluding carboxylic acids is 3. The van der Waals surface area contributed by atoms with Gasteiger partial charge in [0.2, 0.25) is 5.91 Å². The topological polar surface area (TPSA) is 84.9 Å². The number of ether oxygens (including phenoxy) is 2. The Hall–Kier alpha value is -2.41. The summed E-state index contributed by atoms with van der Waals surface area (Å²) in [6, 6.07) is 8.90. The number of hydrogen-bond donors (Lipinski definition) is 1. The number of piperidine rings is 1. The van der Waals surface area contributed by atoms with Gasteiger partial charge in [-0.2, -0.15) is 0 Å². The Morgan fingerprint density at radius 1 is 1.04 bits per heavy atom. The van der Waals surface area contributed by atoms with E-state index in [2.05, 4.69) is 5.32 Å². The molecule has 0 bridgehead atoms. The molecule has 1 N–H and O–H groups in total. The Balaban J connectivity index is 2.27. The van der Waals surface area contributed by atoms with Crippen LogP contribution in [0, 0.1) is 0 Å². The third kappa shape index (κ3) is 4.70. The smallest absolute Gasteiger partial charge is 0.331 e. The molecule has 28 heavy (non-hydrogen) atoms. The zero-order valence-corrected chi connectivity index (χ0v) is 17.5. The van der Waals surface area contributed by atoms with Crippen molar-refractivity contribution in [3.63, 3.8) is 0 Å². The van der Waals surface area contributed by atoms with Crippen LogP contribution in [0.5, 0.6) is 5.75 Å². The van der Waals surface area contributed by atoms with E-state index in [1.807, 2.05) is 38.7 Å². The number of esters is 2. The van der Waals surface area contributed by atoms with Crippen molar-refractivity contribution in [2.24, 2.45) is 0 Å². The maximum atomic E-state index is 12.6. The average molecular weight is 390 g/mol. The molecular weight excluding hydrogens is 360 g/mol. The molecule has 1 aromatic carbocycles. The standard InChI is InChI=1S/C21H30N2O5/c1-15(24)22-21(18(26)27-6)13-19(2,3)23(20(4,5)14-21)12-17(25)28-16-10-8-7-9-11-16/h7-11H,12-14H2,1-6H3,(H,22,24). The number of hydrogen-bond acceptors (Lipinski definition) is 6. The molecule has 154 valence electrons. The van der Waals surface area contributed by atoms with Gasteiger partial charge >= 0.3 is 11.9 Å². The normalized spacial score (nSPS) is 20.1. The van der Waals surface area contributed by atoms with Crippen LogP contribution in [-0.4, -0.2) is 53.0 Å². The maximum Gasteiger partial charge on any atom is 0.331 e. The van der Waals surface area contributed by atoms with Gasteiger partial charge in [-0.25, -0.2) is 4.79 Å². The summed E-state index contributed by atoms with van der Waals surface area (Å²) < 4.78 is 10.5. The van der Waals surface area contributed by atoms with Gasteiger partial charge < -0.3 is 14.8 Å². The third-order valence-corrected chi connectivity index (χ3v) is 5.18. The first-order valence-electron chi connectivity index (χ1n) is 9.32. The van der Waals surface area contributed by atoms with Crippen molar-refractivity contribution >= 4 is 17.8 Å². The molecule has 1 aliphatic rings. The zero-order chi connectivity index (χ0) is 21.2. The molecule has 1 aromatic rings. The van der Waals surface area contributed by atoms with Crippen LogP contribution >= 0.6 is 0 Å². The Labute approximate surface area is 166 Å². The molecule has 0 aromatic heterocycles. The van der Waals surface area contributed by atoms with Crippen LogP contribution in [0.15, 0.2) is 30.3 Å². The number of nitrogens with zero attached hydrogens (tertiary/aromatic N) is 1. The maximum absolute atomic E-state index is 12.6. The van der Waals surface area contributed by atoms with E-state index in [1.165, 1.54) is 14.0 Å². The third-order valence-electron chi connectivity index (χ3n) is 5.18. The summed E-state index contributed by atoms with van der Waals surface area (Å²) in [4.78, 5) is 39.0. The van der Waals surface area contributed by atoms with E-state index >= 15 is 0 Å². The van der Waals surface area contributed by atoms with E-state index in [9.17, 15) is 14.4 Å². The number of likely N-dealkylation sites (tertiary alicyclic amines) is 1. The largest absolute Gasteiger partial charge is 0.467 e. The number of amides is 1. The van der Waals surface area contributed by atoms with Crippen LogP contribution in [0.1, 0.15) is 47.5 Å². The summed E-state index contributed by atoms with van der Waals surface area (Å²) in [5.41, 5.74) is -2.30. The summed E-state index contributed by atoms with van der Waals surface area (Å²) in [7, 11) is 1.31. The summed E-state index contributed by atoms with van der Waals surface area (Å²) in [5.74, 6) is -0.663. The lowest BCUT2D eigenvalue weighted by Crippen LogP contribution is -2.72. The van der Waals surface area contributed by atoms with Crippen molar-refractivity contribution in [3.8, 4) is 5.75 Å². The molecule has 0 radical (unpaired) electrons. The number of carbonyl (C=O) groups is 3. The van der Waals surface area contributed by atoms with Gasteiger partial charge in [0.25, 0.3) is 0 Å². The SMILES string of the molecule is COC(=O)C1(NC(C)=O)CC(C)(C)N(CC(=O)Oc2ccccc2)C(C)(C)C1. The first-order valence-corrected chi connectivity index (χ1v) is 9.32. The monoisotopic (exact) mass is 390 g/mol. The minimum atomic E-state index is -1.15. The first-order chi connectivity index (χ1) is 12.9. The van der Waals surface area contributed by atoms with Crippen molar-refractivity contribution in [2.75, 3.05) is 13.7 Å². The second kappa shape index (κ2) is 7.91. The van der Waals surface area contributed by atoms with E-state index in [4.69, 9.17) is 9.47 Å². The summed E-state index contributed by atoms with van der Waals surface area (Å²) in [5, 5.41) is 2.81. The summed E-state index contributed by atoms with van der Waals surface area (Å²) in [6.45, 7) is 9.24. The fourth-order valence-corrected chi connectivity index (χ4v) is 4.58. The molecule has 1 fully saturated rings. The molecule has 0 unspecified atom stereocenters. The minimum Gasteiger partial charge on any atom is -0.467 e. The van der Waals surface area contributed by atoms with Gasteiger partial charge in [0.1, 0.15) is 11.3 Å². The highest BCUT2D eigenvalue weighted by molar-refractivity contribution is 5.87. The predicted octanol–water partition coefficient (Wildman–Crippen LogP) is 2.29. The molecule has 7 heteroatoms. The van der Waals surface area contributed by atoms with Crippen molar-refractivity contribution < 1.29 is 23.9 Å². The lowest BCUT2D eigenvalue weighted by molar-refractivity contribution is -0.164. The van der Waals surface area contributed by atoms with Gasteiger partial charge in [-0.1, -0.05) is 18.2 Å². The lowest BCUT2D eigenvalue weighted by atomic mass is 9.68. The Morgan fingerprint density at radius 2 is 1.57 bits per heavy atom. The Kier molecular flexibility index (Phi) is 6.18. The fourth-order valence-electron chi connectivity index (χ4n) is 4.58. The number of para-hydroxylation sites is 1. The van der Waals surface area contributed by atoms with Crippen molar-refractivity contribution in [1.82, 2.24) is 10.2 Å². The van der Waals surface area contributed by atoms with Crippen LogP contribution in [0.25, 0.3) is 0 Å². The predicted molar refractivity (Wildman–Crippen MR) is 105 cm³/mol. The van der Waals surface area contributed by atoms with Gasteiger partial charge in [-0.05, 0) is 52.7 Å². The molecule has 1 aliphatic heterocycles. The fraction of sp³-hybridized carbons (Fsp3) is 0.571. The van der Waals surface area contributed by atoms with Gasteiger partial charge in [0.15, 0.2) is 0 Å². The molecule has 1 amide bonds. The highest BCUT2D eigenvalue weighted by atomic mass is 16.5.